The lowest BCUT2D eigenvalue weighted by Gasteiger charge is -2.61. The Kier molecular flexibility index (Phi) is 5.48. The summed E-state index contributed by atoms with van der Waals surface area (Å²) in [6.45, 7) is 3.77. The highest BCUT2D eigenvalue weighted by Crippen LogP contribution is 2.56. The molecule has 4 heterocycles. The molecule has 12 heteroatoms. The Labute approximate surface area is 197 Å². The zero-order chi connectivity index (χ0) is 25.0. The van der Waals surface area contributed by atoms with Gasteiger partial charge in [-0.1, -0.05) is 13.3 Å². The number of amides is 2. The van der Waals surface area contributed by atoms with Crippen molar-refractivity contribution in [3.8, 4) is 11.4 Å². The standard InChI is InChI=1S/C23H22F4N6O2/c1-3-13-6-16-9-22(8-13,20-32-31-12(2)35-20)33(16)21(34)30-15-4-5-18(23(25,26)27)17(7-15)19-28-10-14(24)11-29-19/h4-5,7,10-11,13,16H,3,6,8-9H2,1-2H3,(H,30,34). The summed E-state index contributed by atoms with van der Waals surface area (Å²) in [6.07, 6.45) is -0.0120. The number of benzene rings is 1. The van der Waals surface area contributed by atoms with Gasteiger partial charge in [0.05, 0.1) is 18.0 Å². The van der Waals surface area contributed by atoms with E-state index in [1.54, 1.807) is 11.8 Å². The van der Waals surface area contributed by atoms with Crippen LogP contribution in [0.2, 0.25) is 0 Å². The average molecular weight is 490 g/mol. The number of carbonyl (C=O) groups is 1. The summed E-state index contributed by atoms with van der Waals surface area (Å²) < 4.78 is 59.8. The molecule has 2 aromatic heterocycles. The quantitative estimate of drug-likeness (QED) is 0.498. The average Bonchev–Trinajstić information content (AvgIpc) is 3.25. The zero-order valence-corrected chi connectivity index (χ0v) is 18.9. The number of fused-ring (bicyclic) bond motifs is 2. The maximum atomic E-state index is 13.6. The molecule has 6 rings (SSSR count). The number of aromatic nitrogens is 4. The summed E-state index contributed by atoms with van der Waals surface area (Å²) in [6, 6.07) is 2.63. The summed E-state index contributed by atoms with van der Waals surface area (Å²) in [7, 11) is 0. The van der Waals surface area contributed by atoms with Crippen molar-refractivity contribution in [2.45, 2.75) is 57.3 Å². The molecule has 2 aliphatic heterocycles. The first-order valence-corrected chi connectivity index (χ1v) is 11.2. The number of alkyl halides is 3. The molecule has 1 N–H and O–H groups in total. The second kappa shape index (κ2) is 8.28. The smallest absolute Gasteiger partial charge is 0.417 e. The normalized spacial score (nSPS) is 23.7. The number of urea groups is 1. The van der Waals surface area contributed by atoms with Crippen LogP contribution in [-0.4, -0.2) is 37.1 Å². The van der Waals surface area contributed by atoms with Crippen molar-refractivity contribution in [1.82, 2.24) is 25.1 Å². The maximum Gasteiger partial charge on any atom is 0.417 e. The van der Waals surface area contributed by atoms with Crippen molar-refractivity contribution in [2.24, 2.45) is 5.92 Å². The molecule has 3 fully saturated rings. The molecular formula is C23H22F4N6O2. The van der Waals surface area contributed by atoms with Crippen molar-refractivity contribution in [3.05, 3.63) is 53.8 Å². The van der Waals surface area contributed by atoms with Crippen molar-refractivity contribution in [2.75, 3.05) is 5.32 Å². The van der Waals surface area contributed by atoms with E-state index in [1.165, 1.54) is 6.07 Å². The number of nitrogens with zero attached hydrogens (tertiary/aromatic N) is 5. The van der Waals surface area contributed by atoms with Crippen LogP contribution in [0.1, 0.15) is 50.0 Å². The predicted octanol–water partition coefficient (Wildman–Crippen LogP) is 5.31. The number of aryl methyl sites for hydroxylation is 1. The fraction of sp³-hybridized carbons (Fsp3) is 0.435. The van der Waals surface area contributed by atoms with Crippen LogP contribution in [0, 0.1) is 18.7 Å². The summed E-state index contributed by atoms with van der Waals surface area (Å²) in [5.41, 5.74) is -1.98. The fourth-order valence-electron chi connectivity index (χ4n) is 5.26. The van der Waals surface area contributed by atoms with E-state index in [9.17, 15) is 22.4 Å². The van der Waals surface area contributed by atoms with E-state index in [0.29, 0.717) is 30.5 Å². The molecule has 3 atom stereocenters. The lowest BCUT2D eigenvalue weighted by atomic mass is 9.63. The molecule has 2 saturated heterocycles. The summed E-state index contributed by atoms with van der Waals surface area (Å²) in [5, 5.41) is 10.8. The highest BCUT2D eigenvalue weighted by atomic mass is 19.4. The van der Waals surface area contributed by atoms with Crippen molar-refractivity contribution in [3.63, 3.8) is 0 Å². The van der Waals surface area contributed by atoms with Gasteiger partial charge in [-0.2, -0.15) is 13.2 Å². The van der Waals surface area contributed by atoms with Crippen LogP contribution in [0.15, 0.2) is 35.0 Å². The molecular weight excluding hydrogens is 468 g/mol. The molecule has 3 unspecified atom stereocenters. The van der Waals surface area contributed by atoms with Crippen molar-refractivity contribution in [1.29, 1.82) is 0 Å². The summed E-state index contributed by atoms with van der Waals surface area (Å²) in [5.74, 6) is 0.0661. The first kappa shape index (κ1) is 23.2. The number of piperidine rings is 1. The van der Waals surface area contributed by atoms with E-state index in [4.69, 9.17) is 4.42 Å². The monoisotopic (exact) mass is 490 g/mol. The van der Waals surface area contributed by atoms with Gasteiger partial charge in [0.2, 0.25) is 11.8 Å². The number of carbonyl (C=O) groups excluding carboxylic acids is 1. The largest absolute Gasteiger partial charge is 0.423 e. The Morgan fingerprint density at radius 1 is 1.23 bits per heavy atom. The Morgan fingerprint density at radius 3 is 2.60 bits per heavy atom. The first-order chi connectivity index (χ1) is 16.6. The summed E-state index contributed by atoms with van der Waals surface area (Å²) >= 11 is 0. The topological polar surface area (TPSA) is 97.0 Å². The highest BCUT2D eigenvalue weighted by molar-refractivity contribution is 5.92. The molecule has 35 heavy (non-hydrogen) atoms. The van der Waals surface area contributed by atoms with Gasteiger partial charge in [-0.05, 0) is 37.0 Å². The van der Waals surface area contributed by atoms with E-state index in [2.05, 4.69) is 32.4 Å². The number of halogens is 4. The molecule has 1 aliphatic carbocycles. The van der Waals surface area contributed by atoms with Crippen LogP contribution in [0.4, 0.5) is 28.0 Å². The van der Waals surface area contributed by atoms with Gasteiger partial charge in [0.25, 0.3) is 0 Å². The fourth-order valence-corrected chi connectivity index (χ4v) is 5.26. The molecule has 2 bridgehead atoms. The van der Waals surface area contributed by atoms with Crippen molar-refractivity contribution >= 4 is 11.7 Å². The number of anilines is 1. The molecule has 3 aliphatic rings. The van der Waals surface area contributed by atoms with Crippen LogP contribution < -0.4 is 5.32 Å². The zero-order valence-electron chi connectivity index (χ0n) is 18.9. The van der Waals surface area contributed by atoms with Gasteiger partial charge in [-0.15, -0.1) is 10.2 Å². The van der Waals surface area contributed by atoms with Crippen LogP contribution in [0.3, 0.4) is 0 Å². The maximum absolute atomic E-state index is 13.6. The molecule has 3 aromatic rings. The SMILES string of the molecule is CCC1CC2CC(c3nnc(C)o3)(C1)N2C(=O)Nc1ccc(C(F)(F)F)c(-c2ncc(F)cn2)c1. The molecule has 1 saturated carbocycles. The Hall–Kier alpha value is -3.57. The Morgan fingerprint density at radius 2 is 1.97 bits per heavy atom. The van der Waals surface area contributed by atoms with Crippen LogP contribution in [0.25, 0.3) is 11.4 Å². The number of hydrogen-bond donors (Lipinski definition) is 1. The van der Waals surface area contributed by atoms with E-state index in [1.807, 2.05) is 0 Å². The van der Waals surface area contributed by atoms with E-state index in [-0.39, 0.29) is 23.1 Å². The van der Waals surface area contributed by atoms with Gasteiger partial charge in [-0.25, -0.2) is 19.2 Å². The van der Waals surface area contributed by atoms with Gasteiger partial charge < -0.3 is 14.6 Å². The molecule has 2 amide bonds. The Bertz CT molecular complexity index is 1260. The number of hydrogen-bond acceptors (Lipinski definition) is 6. The third-order valence-electron chi connectivity index (χ3n) is 6.79. The Balaban J connectivity index is 1.46. The minimum atomic E-state index is -4.70. The molecule has 1 aromatic carbocycles. The van der Waals surface area contributed by atoms with Gasteiger partial charge >= 0.3 is 12.2 Å². The highest BCUT2D eigenvalue weighted by Gasteiger charge is 2.62. The van der Waals surface area contributed by atoms with E-state index in [0.717, 1.165) is 37.4 Å². The van der Waals surface area contributed by atoms with Gasteiger partial charge in [0.15, 0.2) is 11.6 Å². The molecule has 0 spiro atoms. The third kappa shape index (κ3) is 4.00. The van der Waals surface area contributed by atoms with Crippen LogP contribution in [-0.2, 0) is 11.7 Å². The van der Waals surface area contributed by atoms with E-state index >= 15 is 0 Å². The molecule has 8 nitrogen and oxygen atoms in total. The van der Waals surface area contributed by atoms with Crippen LogP contribution >= 0.6 is 0 Å². The van der Waals surface area contributed by atoms with E-state index < -0.39 is 29.1 Å². The lowest BCUT2D eigenvalue weighted by molar-refractivity contribution is -0.137. The second-order valence-corrected chi connectivity index (χ2v) is 9.01. The van der Waals surface area contributed by atoms with Gasteiger partial charge in [-0.3, -0.25) is 0 Å². The van der Waals surface area contributed by atoms with Crippen LogP contribution in [0.5, 0.6) is 0 Å². The molecule has 0 radical (unpaired) electrons. The third-order valence-corrected chi connectivity index (χ3v) is 6.79. The second-order valence-electron chi connectivity index (χ2n) is 9.01. The minimum Gasteiger partial charge on any atom is -0.423 e. The molecule has 184 valence electrons. The lowest BCUT2D eigenvalue weighted by Crippen LogP contribution is -2.70. The predicted molar refractivity (Wildman–Crippen MR) is 115 cm³/mol. The first-order valence-electron chi connectivity index (χ1n) is 11.2. The van der Waals surface area contributed by atoms with Gasteiger partial charge in [0, 0.05) is 30.6 Å². The number of rotatable bonds is 4. The van der Waals surface area contributed by atoms with Crippen molar-refractivity contribution < 1.29 is 26.8 Å². The minimum absolute atomic E-state index is 0.0461. The summed E-state index contributed by atoms with van der Waals surface area (Å²) in [4.78, 5) is 22.4. The number of nitrogens with one attached hydrogen (secondary N) is 1. The van der Waals surface area contributed by atoms with Gasteiger partial charge in [0.1, 0.15) is 5.54 Å².